The molecular formula is C30H44N2O3S. The molecule has 2 rings (SSSR count). The molecule has 0 aliphatic heterocycles. The quantitative estimate of drug-likeness (QED) is 0.209. The SMILES string of the molecule is CCCCCCCN(C(=O)NCCCCCC)c1cccc(Sc2ccc(C(CC)C(=O)O)cc2)c1. The Morgan fingerprint density at radius 3 is 2.17 bits per heavy atom. The van der Waals surface area contributed by atoms with Crippen molar-refractivity contribution >= 4 is 29.4 Å². The highest BCUT2D eigenvalue weighted by Crippen LogP contribution is 2.32. The van der Waals surface area contributed by atoms with Crippen LogP contribution in [0.1, 0.15) is 96.5 Å². The van der Waals surface area contributed by atoms with E-state index in [0.717, 1.165) is 46.7 Å². The Morgan fingerprint density at radius 2 is 1.53 bits per heavy atom. The number of nitrogens with one attached hydrogen (secondary N) is 1. The molecule has 36 heavy (non-hydrogen) atoms. The van der Waals surface area contributed by atoms with Crippen LogP contribution in [0.15, 0.2) is 58.3 Å². The summed E-state index contributed by atoms with van der Waals surface area (Å²) in [6.45, 7) is 7.71. The number of carbonyl (C=O) groups is 2. The van der Waals surface area contributed by atoms with Gasteiger partial charge in [-0.3, -0.25) is 9.69 Å². The van der Waals surface area contributed by atoms with Crippen LogP contribution in [0.4, 0.5) is 10.5 Å². The second kappa shape index (κ2) is 17.1. The summed E-state index contributed by atoms with van der Waals surface area (Å²) in [6.07, 6.45) is 10.9. The lowest BCUT2D eigenvalue weighted by Crippen LogP contribution is -2.41. The molecule has 1 unspecified atom stereocenters. The van der Waals surface area contributed by atoms with E-state index in [-0.39, 0.29) is 6.03 Å². The number of aliphatic carboxylic acids is 1. The first-order valence-corrected chi connectivity index (χ1v) is 14.5. The maximum absolute atomic E-state index is 13.1. The van der Waals surface area contributed by atoms with Crippen LogP contribution in [0, 0.1) is 0 Å². The number of carboxylic acids is 1. The zero-order valence-corrected chi connectivity index (χ0v) is 23.1. The van der Waals surface area contributed by atoms with Crippen LogP contribution >= 0.6 is 11.8 Å². The molecule has 0 bridgehead atoms. The third-order valence-electron chi connectivity index (χ3n) is 6.39. The predicted octanol–water partition coefficient (Wildman–Crippen LogP) is 8.48. The van der Waals surface area contributed by atoms with Gasteiger partial charge in [0.05, 0.1) is 5.92 Å². The molecule has 5 nitrogen and oxygen atoms in total. The van der Waals surface area contributed by atoms with Crippen molar-refractivity contribution in [3.8, 4) is 0 Å². The summed E-state index contributed by atoms with van der Waals surface area (Å²) in [4.78, 5) is 28.6. The lowest BCUT2D eigenvalue weighted by molar-refractivity contribution is -0.138. The van der Waals surface area contributed by atoms with Gasteiger partial charge in [-0.05, 0) is 55.2 Å². The molecule has 2 aromatic rings. The number of urea groups is 1. The number of unbranched alkanes of at least 4 members (excludes halogenated alkanes) is 7. The van der Waals surface area contributed by atoms with E-state index in [1.807, 2.05) is 48.2 Å². The first-order chi connectivity index (χ1) is 17.5. The van der Waals surface area contributed by atoms with Crippen molar-refractivity contribution in [1.82, 2.24) is 5.32 Å². The molecule has 2 amide bonds. The normalized spacial score (nSPS) is 11.8. The topological polar surface area (TPSA) is 69.6 Å². The number of hydrogen-bond donors (Lipinski definition) is 2. The van der Waals surface area contributed by atoms with Crippen LogP contribution < -0.4 is 10.2 Å². The van der Waals surface area contributed by atoms with E-state index in [1.165, 1.54) is 32.1 Å². The van der Waals surface area contributed by atoms with Gasteiger partial charge in [0.15, 0.2) is 0 Å². The number of nitrogens with zero attached hydrogens (tertiary/aromatic N) is 1. The van der Waals surface area contributed by atoms with Crippen LogP contribution in [0.25, 0.3) is 0 Å². The Bertz CT molecular complexity index is 917. The number of carbonyl (C=O) groups excluding carboxylic acids is 1. The minimum Gasteiger partial charge on any atom is -0.481 e. The summed E-state index contributed by atoms with van der Waals surface area (Å²) in [5.74, 6) is -1.26. The maximum atomic E-state index is 13.1. The third-order valence-corrected chi connectivity index (χ3v) is 7.39. The highest BCUT2D eigenvalue weighted by atomic mass is 32.2. The van der Waals surface area contributed by atoms with Gasteiger partial charge in [-0.15, -0.1) is 0 Å². The fraction of sp³-hybridized carbons (Fsp3) is 0.533. The van der Waals surface area contributed by atoms with Gasteiger partial charge in [-0.25, -0.2) is 4.79 Å². The van der Waals surface area contributed by atoms with Gasteiger partial charge in [-0.2, -0.15) is 0 Å². The first kappa shape index (κ1) is 29.8. The van der Waals surface area contributed by atoms with E-state index in [9.17, 15) is 14.7 Å². The van der Waals surface area contributed by atoms with E-state index in [1.54, 1.807) is 11.8 Å². The van der Waals surface area contributed by atoms with Crippen LogP contribution in [0.2, 0.25) is 0 Å². The van der Waals surface area contributed by atoms with E-state index in [2.05, 4.69) is 31.3 Å². The molecule has 0 radical (unpaired) electrons. The average molecular weight is 513 g/mol. The summed E-state index contributed by atoms with van der Waals surface area (Å²) in [5.41, 5.74) is 1.74. The molecule has 198 valence electrons. The van der Waals surface area contributed by atoms with Gasteiger partial charge in [0.1, 0.15) is 0 Å². The van der Waals surface area contributed by atoms with Gasteiger partial charge < -0.3 is 10.4 Å². The summed E-state index contributed by atoms with van der Waals surface area (Å²) >= 11 is 1.62. The Morgan fingerprint density at radius 1 is 0.861 bits per heavy atom. The molecule has 2 N–H and O–H groups in total. The van der Waals surface area contributed by atoms with Crippen LogP contribution in [-0.4, -0.2) is 30.2 Å². The maximum Gasteiger partial charge on any atom is 0.321 e. The summed E-state index contributed by atoms with van der Waals surface area (Å²) in [5, 5.41) is 12.5. The molecule has 0 spiro atoms. The van der Waals surface area contributed by atoms with Gasteiger partial charge in [-0.1, -0.05) is 95.7 Å². The van der Waals surface area contributed by atoms with Gasteiger partial charge >= 0.3 is 12.0 Å². The largest absolute Gasteiger partial charge is 0.481 e. The molecule has 0 aliphatic carbocycles. The molecule has 0 saturated heterocycles. The highest BCUT2D eigenvalue weighted by molar-refractivity contribution is 7.99. The van der Waals surface area contributed by atoms with Crippen LogP contribution in [0.3, 0.4) is 0 Å². The number of hydrogen-bond acceptors (Lipinski definition) is 3. The summed E-state index contributed by atoms with van der Waals surface area (Å²) in [6, 6.07) is 15.9. The van der Waals surface area contributed by atoms with Crippen molar-refractivity contribution in [1.29, 1.82) is 0 Å². The van der Waals surface area contributed by atoms with E-state index >= 15 is 0 Å². The predicted molar refractivity (Wildman–Crippen MR) is 151 cm³/mol. The second-order valence-electron chi connectivity index (χ2n) is 9.33. The van der Waals surface area contributed by atoms with E-state index in [4.69, 9.17) is 0 Å². The molecule has 0 fully saturated rings. The molecular weight excluding hydrogens is 468 g/mol. The third kappa shape index (κ3) is 10.3. The fourth-order valence-electron chi connectivity index (χ4n) is 4.24. The van der Waals surface area contributed by atoms with Crippen molar-refractivity contribution < 1.29 is 14.7 Å². The number of amides is 2. The Kier molecular flexibility index (Phi) is 14.1. The molecule has 0 heterocycles. The van der Waals surface area contributed by atoms with Crippen LogP contribution in [0.5, 0.6) is 0 Å². The highest BCUT2D eigenvalue weighted by Gasteiger charge is 2.18. The number of rotatable bonds is 17. The van der Waals surface area contributed by atoms with Gasteiger partial charge in [0.2, 0.25) is 0 Å². The summed E-state index contributed by atoms with van der Waals surface area (Å²) in [7, 11) is 0. The molecule has 0 saturated carbocycles. The van der Waals surface area contributed by atoms with Gasteiger partial charge in [0.25, 0.3) is 0 Å². The average Bonchev–Trinajstić information content (AvgIpc) is 2.87. The number of benzene rings is 2. The van der Waals surface area contributed by atoms with Crippen molar-refractivity contribution in [2.24, 2.45) is 0 Å². The molecule has 1 atom stereocenters. The van der Waals surface area contributed by atoms with Crippen molar-refractivity contribution in [2.45, 2.75) is 101 Å². The van der Waals surface area contributed by atoms with E-state index in [0.29, 0.717) is 19.5 Å². The molecule has 0 aliphatic rings. The van der Waals surface area contributed by atoms with Crippen molar-refractivity contribution in [3.05, 3.63) is 54.1 Å². The zero-order chi connectivity index (χ0) is 26.2. The fourth-order valence-corrected chi connectivity index (χ4v) is 5.11. The smallest absolute Gasteiger partial charge is 0.321 e. The zero-order valence-electron chi connectivity index (χ0n) is 22.3. The monoisotopic (exact) mass is 512 g/mol. The minimum atomic E-state index is -0.788. The Balaban J connectivity index is 2.09. The lowest BCUT2D eigenvalue weighted by atomic mass is 9.97. The number of anilines is 1. The van der Waals surface area contributed by atoms with E-state index < -0.39 is 11.9 Å². The van der Waals surface area contributed by atoms with Crippen molar-refractivity contribution in [2.75, 3.05) is 18.0 Å². The first-order valence-electron chi connectivity index (χ1n) is 13.7. The van der Waals surface area contributed by atoms with Crippen molar-refractivity contribution in [3.63, 3.8) is 0 Å². The molecule has 6 heteroatoms. The Labute approximate surface area is 222 Å². The minimum absolute atomic E-state index is 0.0206. The standard InChI is InChI=1S/C30H44N2O3S/c1-4-7-9-11-13-22-32(30(35)31-21-12-10-8-5-2)25-15-14-16-27(23-25)36-26-19-17-24(18-20-26)28(6-3)29(33)34/h14-20,23,28H,4-13,21-22H2,1-3H3,(H,31,35)(H,33,34). The lowest BCUT2D eigenvalue weighted by Gasteiger charge is -2.24. The van der Waals surface area contributed by atoms with Crippen LogP contribution in [-0.2, 0) is 4.79 Å². The summed E-state index contributed by atoms with van der Waals surface area (Å²) < 4.78 is 0. The molecule has 2 aromatic carbocycles. The number of carboxylic acid groups (broad SMARTS) is 1. The van der Waals surface area contributed by atoms with Gasteiger partial charge in [0, 0.05) is 28.6 Å². The Hall–Kier alpha value is -2.47. The molecule has 0 aromatic heterocycles. The second-order valence-corrected chi connectivity index (χ2v) is 10.5.